The number of hydrogen-bond donors (Lipinski definition) is 0. The molecule has 26 heavy (non-hydrogen) atoms. The maximum atomic E-state index is 12.5. The van der Waals surface area contributed by atoms with E-state index in [1.807, 2.05) is 18.5 Å². The summed E-state index contributed by atoms with van der Waals surface area (Å²) in [6, 6.07) is 6.06. The van der Waals surface area contributed by atoms with E-state index in [9.17, 15) is 22.8 Å². The van der Waals surface area contributed by atoms with Crippen LogP contribution in [-0.4, -0.2) is 22.9 Å². The molecule has 7 heteroatoms. The Morgan fingerprint density at radius 2 is 1.77 bits per heavy atom. The minimum Gasteiger partial charge on any atom is -0.454 e. The molecule has 0 aliphatic carbocycles. The van der Waals surface area contributed by atoms with Crippen molar-refractivity contribution in [2.45, 2.75) is 20.0 Å². The molecule has 0 fully saturated rings. The number of ether oxygens (including phenoxy) is 1. The Morgan fingerprint density at radius 3 is 2.27 bits per heavy atom. The standard InChI is InChI=1S/C19H18F3NO3/c1-12-10-16(13(2)23(12)3)17(24)11-26-18(25)9-6-14-4-7-15(8-5-14)19(20,21)22/h4-10H,11H2,1-3H3/b9-6+. The summed E-state index contributed by atoms with van der Waals surface area (Å²) in [7, 11) is 1.83. The molecule has 0 N–H and O–H groups in total. The minimum atomic E-state index is -4.41. The lowest BCUT2D eigenvalue weighted by molar-refractivity contribution is -0.138. The summed E-state index contributed by atoms with van der Waals surface area (Å²) < 4.78 is 44.2. The van der Waals surface area contributed by atoms with Crippen LogP contribution in [0.1, 0.15) is 32.9 Å². The van der Waals surface area contributed by atoms with Gasteiger partial charge in [-0.2, -0.15) is 13.2 Å². The predicted molar refractivity (Wildman–Crippen MR) is 90.7 cm³/mol. The Hall–Kier alpha value is -2.83. The molecule has 0 saturated carbocycles. The van der Waals surface area contributed by atoms with Gasteiger partial charge in [0.1, 0.15) is 0 Å². The molecule has 2 rings (SSSR count). The fourth-order valence-corrected chi connectivity index (χ4v) is 2.35. The lowest BCUT2D eigenvalue weighted by Gasteiger charge is -2.06. The summed E-state index contributed by atoms with van der Waals surface area (Å²) in [6.45, 7) is 3.26. The molecule has 138 valence electrons. The average Bonchev–Trinajstić information content (AvgIpc) is 2.85. The zero-order valence-corrected chi connectivity index (χ0v) is 14.6. The number of nitrogens with zero attached hydrogens (tertiary/aromatic N) is 1. The summed E-state index contributed by atoms with van der Waals surface area (Å²) in [5.74, 6) is -1.06. The molecule has 0 amide bonds. The second-order valence-electron chi connectivity index (χ2n) is 5.83. The number of aromatic nitrogens is 1. The van der Waals surface area contributed by atoms with Crippen LogP contribution in [0.25, 0.3) is 6.08 Å². The SMILES string of the molecule is Cc1cc(C(=O)COC(=O)/C=C/c2ccc(C(F)(F)F)cc2)c(C)n1C. The van der Waals surface area contributed by atoms with Crippen LogP contribution in [0.3, 0.4) is 0 Å². The van der Waals surface area contributed by atoms with E-state index in [0.29, 0.717) is 11.1 Å². The third-order valence-electron chi connectivity index (χ3n) is 4.07. The number of esters is 1. The van der Waals surface area contributed by atoms with Gasteiger partial charge in [0.15, 0.2) is 6.61 Å². The summed E-state index contributed by atoms with van der Waals surface area (Å²) in [5.41, 5.74) is 1.83. The molecule has 0 unspecified atom stereocenters. The van der Waals surface area contributed by atoms with Gasteiger partial charge < -0.3 is 9.30 Å². The molecule has 0 aliphatic rings. The number of carbonyl (C=O) groups excluding carboxylic acids is 2. The van der Waals surface area contributed by atoms with E-state index in [0.717, 1.165) is 29.6 Å². The van der Waals surface area contributed by atoms with Gasteiger partial charge in [0.25, 0.3) is 0 Å². The Bertz CT molecular complexity index is 846. The first kappa shape index (κ1) is 19.5. The fraction of sp³-hybridized carbons (Fsp3) is 0.263. The van der Waals surface area contributed by atoms with E-state index in [2.05, 4.69) is 0 Å². The summed E-state index contributed by atoms with van der Waals surface area (Å²) in [6.07, 6.45) is -2.01. The number of alkyl halides is 3. The van der Waals surface area contributed by atoms with Crippen molar-refractivity contribution in [1.29, 1.82) is 0 Å². The molecule has 1 heterocycles. The molecule has 2 aromatic rings. The molecule has 0 atom stereocenters. The van der Waals surface area contributed by atoms with Crippen molar-refractivity contribution in [3.63, 3.8) is 0 Å². The quantitative estimate of drug-likeness (QED) is 0.455. The van der Waals surface area contributed by atoms with Crippen LogP contribution in [0.2, 0.25) is 0 Å². The molecule has 0 bridgehead atoms. The number of ketones is 1. The second kappa shape index (κ2) is 7.59. The molecule has 0 radical (unpaired) electrons. The number of Topliss-reactive ketones (excluding diaryl/α,β-unsaturated/α-hetero) is 1. The van der Waals surface area contributed by atoms with Gasteiger partial charge in [-0.05, 0) is 43.7 Å². The molecular formula is C19H18F3NO3. The molecular weight excluding hydrogens is 347 g/mol. The Morgan fingerprint density at radius 1 is 1.15 bits per heavy atom. The average molecular weight is 365 g/mol. The van der Waals surface area contributed by atoms with Gasteiger partial charge in [-0.25, -0.2) is 4.79 Å². The summed E-state index contributed by atoms with van der Waals surface area (Å²) in [5, 5.41) is 0. The topological polar surface area (TPSA) is 48.3 Å². The molecule has 0 saturated heterocycles. The highest BCUT2D eigenvalue weighted by Crippen LogP contribution is 2.29. The molecule has 0 spiro atoms. The number of halogens is 3. The first-order chi connectivity index (χ1) is 12.1. The van der Waals surface area contributed by atoms with Crippen molar-refractivity contribution < 1.29 is 27.5 Å². The van der Waals surface area contributed by atoms with Crippen LogP contribution < -0.4 is 0 Å². The van der Waals surface area contributed by atoms with E-state index in [1.165, 1.54) is 18.2 Å². The monoisotopic (exact) mass is 365 g/mol. The van der Waals surface area contributed by atoms with Crippen molar-refractivity contribution in [2.24, 2.45) is 7.05 Å². The third kappa shape index (κ3) is 4.62. The van der Waals surface area contributed by atoms with Crippen LogP contribution in [0, 0.1) is 13.8 Å². The number of rotatable bonds is 5. The second-order valence-corrected chi connectivity index (χ2v) is 5.83. The molecule has 1 aromatic heterocycles. The van der Waals surface area contributed by atoms with E-state index in [4.69, 9.17) is 4.74 Å². The highest BCUT2D eigenvalue weighted by molar-refractivity contribution is 6.00. The van der Waals surface area contributed by atoms with Gasteiger partial charge >= 0.3 is 12.1 Å². The van der Waals surface area contributed by atoms with Crippen molar-refractivity contribution in [2.75, 3.05) is 6.61 Å². The molecule has 0 aliphatic heterocycles. The maximum absolute atomic E-state index is 12.5. The van der Waals surface area contributed by atoms with Gasteiger partial charge in [0.05, 0.1) is 5.56 Å². The van der Waals surface area contributed by atoms with Gasteiger partial charge in [0, 0.05) is 30.1 Å². The van der Waals surface area contributed by atoms with Crippen molar-refractivity contribution >= 4 is 17.8 Å². The van der Waals surface area contributed by atoms with E-state index < -0.39 is 24.3 Å². The Labute approximate surface area is 148 Å². The normalized spacial score (nSPS) is 11.8. The van der Waals surface area contributed by atoms with Crippen molar-refractivity contribution in [3.8, 4) is 0 Å². The van der Waals surface area contributed by atoms with Crippen LogP contribution in [-0.2, 0) is 22.8 Å². The van der Waals surface area contributed by atoms with Gasteiger partial charge in [-0.3, -0.25) is 4.79 Å². The van der Waals surface area contributed by atoms with Gasteiger partial charge in [-0.1, -0.05) is 12.1 Å². The zero-order chi connectivity index (χ0) is 19.5. The fourth-order valence-electron chi connectivity index (χ4n) is 2.35. The lowest BCUT2D eigenvalue weighted by Crippen LogP contribution is -2.13. The van der Waals surface area contributed by atoms with Gasteiger partial charge in [0.2, 0.25) is 5.78 Å². The van der Waals surface area contributed by atoms with E-state index >= 15 is 0 Å². The van der Waals surface area contributed by atoms with Crippen LogP contribution >= 0.6 is 0 Å². The largest absolute Gasteiger partial charge is 0.454 e. The molecule has 4 nitrogen and oxygen atoms in total. The Kier molecular flexibility index (Phi) is 5.69. The summed E-state index contributed by atoms with van der Waals surface area (Å²) >= 11 is 0. The van der Waals surface area contributed by atoms with Crippen molar-refractivity contribution in [1.82, 2.24) is 4.57 Å². The zero-order valence-electron chi connectivity index (χ0n) is 14.6. The van der Waals surface area contributed by atoms with Crippen LogP contribution in [0.15, 0.2) is 36.4 Å². The van der Waals surface area contributed by atoms with Crippen LogP contribution in [0.4, 0.5) is 13.2 Å². The number of benzene rings is 1. The predicted octanol–water partition coefficient (Wildman–Crippen LogP) is 4.10. The first-order valence-corrected chi connectivity index (χ1v) is 7.78. The maximum Gasteiger partial charge on any atom is 0.416 e. The number of carbonyl (C=O) groups is 2. The van der Waals surface area contributed by atoms with Crippen LogP contribution in [0.5, 0.6) is 0 Å². The third-order valence-corrected chi connectivity index (χ3v) is 4.07. The van der Waals surface area contributed by atoms with E-state index in [-0.39, 0.29) is 5.78 Å². The van der Waals surface area contributed by atoms with Gasteiger partial charge in [-0.15, -0.1) is 0 Å². The highest BCUT2D eigenvalue weighted by Gasteiger charge is 2.29. The number of aryl methyl sites for hydroxylation is 1. The molecule has 1 aromatic carbocycles. The lowest BCUT2D eigenvalue weighted by atomic mass is 10.1. The summed E-state index contributed by atoms with van der Waals surface area (Å²) in [4.78, 5) is 23.8. The number of hydrogen-bond acceptors (Lipinski definition) is 3. The highest BCUT2D eigenvalue weighted by atomic mass is 19.4. The van der Waals surface area contributed by atoms with E-state index in [1.54, 1.807) is 13.0 Å². The minimum absolute atomic E-state index is 0.317. The first-order valence-electron chi connectivity index (χ1n) is 7.78. The smallest absolute Gasteiger partial charge is 0.416 e. The van der Waals surface area contributed by atoms with Crippen molar-refractivity contribution in [3.05, 3.63) is 64.5 Å². The Balaban J connectivity index is 1.93.